The number of carbonyl (C=O) groups is 1. The molecule has 2 rings (SSSR count). The highest BCUT2D eigenvalue weighted by molar-refractivity contribution is 7.99. The SMILES string of the molecule is Cc1ccnc(Sc2nc(C)cc(C(=O)O)n2)n1. The molecular weight excluding hydrogens is 252 g/mol. The van der Waals surface area contributed by atoms with E-state index in [9.17, 15) is 4.79 Å². The third kappa shape index (κ3) is 3.01. The van der Waals surface area contributed by atoms with Gasteiger partial charge in [-0.2, -0.15) is 0 Å². The predicted molar refractivity (Wildman–Crippen MR) is 64.6 cm³/mol. The van der Waals surface area contributed by atoms with E-state index in [0.717, 1.165) is 17.5 Å². The second kappa shape index (κ2) is 5.09. The molecule has 0 amide bonds. The summed E-state index contributed by atoms with van der Waals surface area (Å²) < 4.78 is 0. The van der Waals surface area contributed by atoms with Gasteiger partial charge >= 0.3 is 5.97 Å². The molecule has 0 unspecified atom stereocenters. The fourth-order valence-electron chi connectivity index (χ4n) is 1.25. The number of nitrogens with zero attached hydrogens (tertiary/aromatic N) is 4. The molecule has 0 aliphatic carbocycles. The molecule has 1 N–H and O–H groups in total. The summed E-state index contributed by atoms with van der Waals surface area (Å²) in [4.78, 5) is 27.2. The van der Waals surface area contributed by atoms with Crippen LogP contribution in [0.1, 0.15) is 21.9 Å². The van der Waals surface area contributed by atoms with Gasteiger partial charge in [-0.05, 0) is 37.7 Å². The van der Waals surface area contributed by atoms with Gasteiger partial charge in [0.2, 0.25) is 0 Å². The van der Waals surface area contributed by atoms with E-state index >= 15 is 0 Å². The Labute approximate surface area is 108 Å². The van der Waals surface area contributed by atoms with E-state index in [2.05, 4.69) is 19.9 Å². The Morgan fingerprint density at radius 2 is 1.89 bits per heavy atom. The van der Waals surface area contributed by atoms with Gasteiger partial charge in [0.05, 0.1) is 0 Å². The van der Waals surface area contributed by atoms with E-state index in [1.54, 1.807) is 19.2 Å². The number of carboxylic acids is 1. The first kappa shape index (κ1) is 12.4. The first-order valence-corrected chi connectivity index (χ1v) is 5.93. The van der Waals surface area contributed by atoms with Gasteiger partial charge in [-0.25, -0.2) is 24.7 Å². The molecule has 0 saturated heterocycles. The normalized spacial score (nSPS) is 10.3. The molecule has 0 aromatic carbocycles. The van der Waals surface area contributed by atoms with Crippen LogP contribution in [0.2, 0.25) is 0 Å². The van der Waals surface area contributed by atoms with Crippen LogP contribution < -0.4 is 0 Å². The Morgan fingerprint density at radius 3 is 2.56 bits per heavy atom. The molecule has 6 nitrogen and oxygen atoms in total. The molecule has 0 aliphatic rings. The molecule has 0 radical (unpaired) electrons. The molecule has 0 atom stereocenters. The fourth-order valence-corrected chi connectivity index (χ4v) is 2.05. The first-order chi connectivity index (χ1) is 8.54. The Hall–Kier alpha value is -2.02. The minimum atomic E-state index is -1.08. The number of aromatic carboxylic acids is 1. The van der Waals surface area contributed by atoms with Crippen LogP contribution >= 0.6 is 11.8 Å². The van der Waals surface area contributed by atoms with Gasteiger partial charge in [-0.1, -0.05) is 0 Å². The van der Waals surface area contributed by atoms with Crippen LogP contribution in [-0.2, 0) is 0 Å². The Bertz CT molecular complexity index is 603. The summed E-state index contributed by atoms with van der Waals surface area (Å²) in [5.41, 5.74) is 1.40. The van der Waals surface area contributed by atoms with Gasteiger partial charge in [-0.3, -0.25) is 0 Å². The number of aromatic nitrogens is 4. The third-order valence-corrected chi connectivity index (χ3v) is 2.75. The molecule has 2 heterocycles. The number of carboxylic acid groups (broad SMARTS) is 1. The third-order valence-electron chi connectivity index (χ3n) is 2.01. The summed E-state index contributed by atoms with van der Waals surface area (Å²) in [6.07, 6.45) is 1.64. The monoisotopic (exact) mass is 262 g/mol. The van der Waals surface area contributed by atoms with Crippen molar-refractivity contribution in [3.8, 4) is 0 Å². The molecule has 0 fully saturated rings. The van der Waals surface area contributed by atoms with Gasteiger partial charge in [0.15, 0.2) is 16.0 Å². The summed E-state index contributed by atoms with van der Waals surface area (Å²) in [6.45, 7) is 3.57. The van der Waals surface area contributed by atoms with Crippen LogP contribution in [0, 0.1) is 13.8 Å². The quantitative estimate of drug-likeness (QED) is 0.842. The van der Waals surface area contributed by atoms with Gasteiger partial charge in [0, 0.05) is 17.6 Å². The second-order valence-electron chi connectivity index (χ2n) is 3.56. The number of aryl methyl sites for hydroxylation is 2. The zero-order valence-electron chi connectivity index (χ0n) is 9.78. The van der Waals surface area contributed by atoms with E-state index in [1.165, 1.54) is 6.07 Å². The van der Waals surface area contributed by atoms with E-state index < -0.39 is 5.97 Å². The van der Waals surface area contributed by atoms with Crippen molar-refractivity contribution < 1.29 is 9.90 Å². The molecule has 7 heteroatoms. The van der Waals surface area contributed by atoms with Crippen molar-refractivity contribution in [1.29, 1.82) is 0 Å². The van der Waals surface area contributed by atoms with Crippen molar-refractivity contribution in [2.75, 3.05) is 0 Å². The van der Waals surface area contributed by atoms with Crippen LogP contribution in [0.3, 0.4) is 0 Å². The highest BCUT2D eigenvalue weighted by Gasteiger charge is 2.10. The summed E-state index contributed by atoms with van der Waals surface area (Å²) >= 11 is 1.14. The summed E-state index contributed by atoms with van der Waals surface area (Å²) in [6, 6.07) is 3.20. The molecule has 18 heavy (non-hydrogen) atoms. The van der Waals surface area contributed by atoms with Crippen LogP contribution in [-0.4, -0.2) is 31.0 Å². The van der Waals surface area contributed by atoms with Crippen molar-refractivity contribution in [3.63, 3.8) is 0 Å². The Kier molecular flexibility index (Phi) is 3.52. The summed E-state index contributed by atoms with van der Waals surface area (Å²) in [5.74, 6) is -1.08. The van der Waals surface area contributed by atoms with Crippen molar-refractivity contribution in [1.82, 2.24) is 19.9 Å². The summed E-state index contributed by atoms with van der Waals surface area (Å²) in [5, 5.41) is 9.74. The van der Waals surface area contributed by atoms with Gasteiger partial charge < -0.3 is 5.11 Å². The fraction of sp³-hybridized carbons (Fsp3) is 0.182. The molecule has 2 aromatic rings. The lowest BCUT2D eigenvalue weighted by atomic mass is 10.3. The van der Waals surface area contributed by atoms with E-state index in [0.29, 0.717) is 16.0 Å². The lowest BCUT2D eigenvalue weighted by Gasteiger charge is -2.02. The van der Waals surface area contributed by atoms with Crippen LogP contribution in [0.25, 0.3) is 0 Å². The van der Waals surface area contributed by atoms with Gasteiger partial charge in [0.1, 0.15) is 0 Å². The predicted octanol–water partition coefficient (Wildman–Crippen LogP) is 1.73. The Morgan fingerprint density at radius 1 is 1.17 bits per heavy atom. The average Bonchev–Trinajstić information content (AvgIpc) is 2.28. The van der Waals surface area contributed by atoms with E-state index in [4.69, 9.17) is 5.11 Å². The number of hydrogen-bond donors (Lipinski definition) is 1. The molecule has 0 aliphatic heterocycles. The number of hydrogen-bond acceptors (Lipinski definition) is 6. The maximum atomic E-state index is 10.9. The van der Waals surface area contributed by atoms with Gasteiger partial charge in [-0.15, -0.1) is 0 Å². The zero-order chi connectivity index (χ0) is 13.1. The first-order valence-electron chi connectivity index (χ1n) is 5.11. The largest absolute Gasteiger partial charge is 0.477 e. The standard InChI is InChI=1S/C11H10N4O2S/c1-6-3-4-12-10(13-6)18-11-14-7(2)5-8(15-11)9(16)17/h3-5H,1-2H3,(H,16,17). The van der Waals surface area contributed by atoms with Crippen molar-refractivity contribution in [2.24, 2.45) is 0 Å². The van der Waals surface area contributed by atoms with Crippen LogP contribution in [0.4, 0.5) is 0 Å². The topological polar surface area (TPSA) is 88.9 Å². The van der Waals surface area contributed by atoms with E-state index in [-0.39, 0.29) is 5.69 Å². The lowest BCUT2D eigenvalue weighted by molar-refractivity contribution is 0.0689. The second-order valence-corrected chi connectivity index (χ2v) is 4.50. The molecule has 0 bridgehead atoms. The highest BCUT2D eigenvalue weighted by atomic mass is 32.2. The molecule has 2 aromatic heterocycles. The minimum absolute atomic E-state index is 0.0300. The average molecular weight is 262 g/mol. The van der Waals surface area contributed by atoms with Crippen molar-refractivity contribution >= 4 is 17.7 Å². The van der Waals surface area contributed by atoms with Crippen LogP contribution in [0.15, 0.2) is 28.6 Å². The lowest BCUT2D eigenvalue weighted by Crippen LogP contribution is -2.04. The van der Waals surface area contributed by atoms with Crippen molar-refractivity contribution in [2.45, 2.75) is 24.2 Å². The van der Waals surface area contributed by atoms with Gasteiger partial charge in [0.25, 0.3) is 0 Å². The van der Waals surface area contributed by atoms with Crippen molar-refractivity contribution in [3.05, 3.63) is 35.4 Å². The Balaban J connectivity index is 2.31. The molecular formula is C11H10N4O2S. The highest BCUT2D eigenvalue weighted by Crippen LogP contribution is 2.21. The zero-order valence-corrected chi connectivity index (χ0v) is 10.6. The molecule has 0 spiro atoms. The molecule has 92 valence electrons. The van der Waals surface area contributed by atoms with E-state index in [1.807, 2.05) is 6.92 Å². The summed E-state index contributed by atoms with van der Waals surface area (Å²) in [7, 11) is 0. The maximum Gasteiger partial charge on any atom is 0.354 e. The minimum Gasteiger partial charge on any atom is -0.477 e. The maximum absolute atomic E-state index is 10.9. The smallest absolute Gasteiger partial charge is 0.354 e. The number of rotatable bonds is 3. The van der Waals surface area contributed by atoms with Crippen LogP contribution in [0.5, 0.6) is 0 Å². The molecule has 0 saturated carbocycles.